The lowest BCUT2D eigenvalue weighted by molar-refractivity contribution is -0.135. The average Bonchev–Trinajstić information content (AvgIpc) is 2.80. The minimum Gasteiger partial charge on any atom is -0.445 e. The number of amides is 2. The first-order chi connectivity index (χ1) is 10.1. The van der Waals surface area contributed by atoms with E-state index in [0.29, 0.717) is 19.4 Å². The van der Waals surface area contributed by atoms with Gasteiger partial charge in [0.05, 0.1) is 0 Å². The molecule has 112 valence electrons. The molecule has 0 aromatic heterocycles. The third-order valence-electron chi connectivity index (χ3n) is 2.92. The van der Waals surface area contributed by atoms with Gasteiger partial charge >= 0.3 is 18.2 Å². The van der Waals surface area contributed by atoms with Crippen molar-refractivity contribution in [2.24, 2.45) is 0 Å². The summed E-state index contributed by atoms with van der Waals surface area (Å²) in [5, 5.41) is 4.96. The Labute approximate surface area is 121 Å². The maximum Gasteiger partial charge on any atom is 0.415 e. The molecule has 0 aliphatic carbocycles. The van der Waals surface area contributed by atoms with Gasteiger partial charge in [-0.1, -0.05) is 30.3 Å². The highest BCUT2D eigenvalue weighted by molar-refractivity contribution is 5.95. The Hall–Kier alpha value is -2.57. The van der Waals surface area contributed by atoms with Crippen molar-refractivity contribution >= 4 is 18.2 Å². The summed E-state index contributed by atoms with van der Waals surface area (Å²) >= 11 is 0. The monoisotopic (exact) mass is 292 g/mol. The zero-order chi connectivity index (χ0) is 15.1. The first kappa shape index (κ1) is 14.8. The van der Waals surface area contributed by atoms with Crippen molar-refractivity contribution in [3.05, 3.63) is 35.9 Å². The number of nitrogens with one attached hydrogen (secondary N) is 2. The highest BCUT2D eigenvalue weighted by atomic mass is 16.6. The van der Waals surface area contributed by atoms with E-state index in [1.807, 2.05) is 30.3 Å². The summed E-state index contributed by atoms with van der Waals surface area (Å²) in [7, 11) is 0. The van der Waals surface area contributed by atoms with Gasteiger partial charge in [0.15, 0.2) is 0 Å². The van der Waals surface area contributed by atoms with Crippen LogP contribution in [0, 0.1) is 0 Å². The molecule has 1 fully saturated rings. The molecule has 1 aromatic carbocycles. The van der Waals surface area contributed by atoms with E-state index in [0.717, 1.165) is 5.56 Å². The van der Waals surface area contributed by atoms with Crippen LogP contribution in [0.1, 0.15) is 18.4 Å². The van der Waals surface area contributed by atoms with E-state index in [1.54, 1.807) is 0 Å². The van der Waals surface area contributed by atoms with Crippen molar-refractivity contribution in [1.82, 2.24) is 10.6 Å². The van der Waals surface area contributed by atoms with Gasteiger partial charge in [0, 0.05) is 6.54 Å². The third-order valence-corrected chi connectivity index (χ3v) is 2.92. The molecule has 1 saturated heterocycles. The van der Waals surface area contributed by atoms with Crippen LogP contribution in [-0.4, -0.2) is 30.7 Å². The maximum absolute atomic E-state index is 11.4. The number of hydrogen-bond acceptors (Lipinski definition) is 5. The zero-order valence-corrected chi connectivity index (χ0v) is 11.3. The first-order valence-electron chi connectivity index (χ1n) is 6.62. The largest absolute Gasteiger partial charge is 0.445 e. The molecular formula is C14H16N2O5. The summed E-state index contributed by atoms with van der Waals surface area (Å²) in [6, 6.07) is 8.72. The third kappa shape index (κ3) is 4.79. The van der Waals surface area contributed by atoms with Crippen molar-refractivity contribution in [3.63, 3.8) is 0 Å². The van der Waals surface area contributed by atoms with Gasteiger partial charge in [-0.15, -0.1) is 0 Å². The van der Waals surface area contributed by atoms with Gasteiger partial charge < -0.3 is 20.1 Å². The normalized spacial score (nSPS) is 17.0. The number of rotatable bonds is 6. The lowest BCUT2D eigenvalue weighted by atomic mass is 10.2. The van der Waals surface area contributed by atoms with Crippen LogP contribution >= 0.6 is 0 Å². The molecule has 0 bridgehead atoms. The topological polar surface area (TPSA) is 93.7 Å². The van der Waals surface area contributed by atoms with E-state index in [9.17, 15) is 14.4 Å². The van der Waals surface area contributed by atoms with Crippen LogP contribution in [0.15, 0.2) is 30.3 Å². The summed E-state index contributed by atoms with van der Waals surface area (Å²) in [5.41, 5.74) is 0.907. The number of hydrogen-bond donors (Lipinski definition) is 2. The molecule has 0 spiro atoms. The molecule has 1 unspecified atom stereocenters. The molecule has 21 heavy (non-hydrogen) atoms. The van der Waals surface area contributed by atoms with Gasteiger partial charge in [-0.2, -0.15) is 0 Å². The van der Waals surface area contributed by atoms with Crippen LogP contribution in [-0.2, 0) is 20.9 Å². The Kier molecular flexibility index (Phi) is 5.14. The fourth-order valence-corrected chi connectivity index (χ4v) is 1.85. The Morgan fingerprint density at radius 2 is 2.05 bits per heavy atom. The number of alkyl carbamates (subject to hydrolysis) is 2. The highest BCUT2D eigenvalue weighted by Crippen LogP contribution is 2.06. The molecule has 1 atom stereocenters. The predicted molar refractivity (Wildman–Crippen MR) is 72.3 cm³/mol. The maximum atomic E-state index is 11.4. The van der Waals surface area contributed by atoms with E-state index >= 15 is 0 Å². The SMILES string of the molecule is O=C(NCCCC1NC(=O)OC1=O)OCc1ccccc1. The number of ether oxygens (including phenoxy) is 2. The molecule has 1 heterocycles. The van der Waals surface area contributed by atoms with E-state index < -0.39 is 24.2 Å². The lowest BCUT2D eigenvalue weighted by Gasteiger charge is -2.08. The van der Waals surface area contributed by atoms with E-state index in [4.69, 9.17) is 4.74 Å². The van der Waals surface area contributed by atoms with Crippen LogP contribution < -0.4 is 10.6 Å². The number of esters is 1. The molecule has 2 amide bonds. The molecule has 7 nitrogen and oxygen atoms in total. The van der Waals surface area contributed by atoms with E-state index in [2.05, 4.69) is 15.4 Å². The Bertz CT molecular complexity index is 517. The summed E-state index contributed by atoms with van der Waals surface area (Å²) < 4.78 is 9.37. The van der Waals surface area contributed by atoms with Crippen molar-refractivity contribution in [2.75, 3.05) is 6.54 Å². The quantitative estimate of drug-likeness (QED) is 0.468. The fraction of sp³-hybridized carbons (Fsp3) is 0.357. The van der Waals surface area contributed by atoms with Gasteiger partial charge in [0.2, 0.25) is 0 Å². The second-order valence-corrected chi connectivity index (χ2v) is 4.54. The Morgan fingerprint density at radius 1 is 1.29 bits per heavy atom. The van der Waals surface area contributed by atoms with Crippen molar-refractivity contribution in [1.29, 1.82) is 0 Å². The zero-order valence-electron chi connectivity index (χ0n) is 11.3. The van der Waals surface area contributed by atoms with Gasteiger partial charge in [-0.25, -0.2) is 14.4 Å². The van der Waals surface area contributed by atoms with Crippen molar-refractivity contribution in [2.45, 2.75) is 25.5 Å². The minimum atomic E-state index is -0.722. The molecule has 0 radical (unpaired) electrons. The summed E-state index contributed by atoms with van der Waals surface area (Å²) in [6.45, 7) is 0.560. The molecule has 0 saturated carbocycles. The molecule has 2 rings (SSSR count). The number of cyclic esters (lactones) is 2. The van der Waals surface area contributed by atoms with Gasteiger partial charge in [0.1, 0.15) is 12.6 Å². The summed E-state index contributed by atoms with van der Waals surface area (Å²) in [6.07, 6.45) is -0.304. The number of carbonyl (C=O) groups excluding carboxylic acids is 3. The molecule has 1 aliphatic heterocycles. The minimum absolute atomic E-state index is 0.206. The number of carbonyl (C=O) groups is 3. The average molecular weight is 292 g/mol. The first-order valence-corrected chi connectivity index (χ1v) is 6.62. The molecule has 1 aliphatic rings. The lowest BCUT2D eigenvalue weighted by Crippen LogP contribution is -2.31. The van der Waals surface area contributed by atoms with Gasteiger partial charge in [-0.05, 0) is 18.4 Å². The van der Waals surface area contributed by atoms with Gasteiger partial charge in [0.25, 0.3) is 0 Å². The van der Waals surface area contributed by atoms with Gasteiger partial charge in [-0.3, -0.25) is 0 Å². The van der Waals surface area contributed by atoms with Crippen LogP contribution in [0.3, 0.4) is 0 Å². The van der Waals surface area contributed by atoms with E-state index in [-0.39, 0.29) is 6.61 Å². The second-order valence-electron chi connectivity index (χ2n) is 4.54. The smallest absolute Gasteiger partial charge is 0.415 e. The predicted octanol–water partition coefficient (Wildman–Crippen LogP) is 1.33. The van der Waals surface area contributed by atoms with Crippen molar-refractivity contribution in [3.8, 4) is 0 Å². The van der Waals surface area contributed by atoms with Crippen LogP contribution in [0.2, 0.25) is 0 Å². The molecule has 1 aromatic rings. The second kappa shape index (κ2) is 7.28. The highest BCUT2D eigenvalue weighted by Gasteiger charge is 2.31. The van der Waals surface area contributed by atoms with Crippen LogP contribution in [0.4, 0.5) is 9.59 Å². The van der Waals surface area contributed by atoms with Crippen molar-refractivity contribution < 1.29 is 23.9 Å². The fourth-order valence-electron chi connectivity index (χ4n) is 1.85. The summed E-state index contributed by atoms with van der Waals surface area (Å²) in [4.78, 5) is 33.4. The Morgan fingerprint density at radius 3 is 2.71 bits per heavy atom. The molecule has 2 N–H and O–H groups in total. The van der Waals surface area contributed by atoms with Crippen LogP contribution in [0.25, 0.3) is 0 Å². The molecular weight excluding hydrogens is 276 g/mol. The van der Waals surface area contributed by atoms with Crippen LogP contribution in [0.5, 0.6) is 0 Å². The standard InChI is InChI=1S/C14H16N2O5/c17-12-11(16-14(19)21-12)7-4-8-15-13(18)20-9-10-5-2-1-3-6-10/h1-3,5-6,11H,4,7-9H2,(H,15,18)(H,16,19). The number of benzene rings is 1. The Balaban J connectivity index is 1.57. The molecule has 7 heteroatoms. The summed E-state index contributed by atoms with van der Waals surface area (Å²) in [5.74, 6) is -0.577. The van der Waals surface area contributed by atoms with E-state index in [1.165, 1.54) is 0 Å².